The lowest BCUT2D eigenvalue weighted by molar-refractivity contribution is -0.136. The first kappa shape index (κ1) is 32.8. The number of methoxy groups -OCH3 is 2. The monoisotopic (exact) mass is 804 g/mol. The van der Waals surface area contributed by atoms with Crippen molar-refractivity contribution in [2.45, 2.75) is 26.5 Å². The number of ether oxygens (including phenoxy) is 5. The zero-order chi connectivity index (χ0) is 32.1. The number of hydrogen-bond donors (Lipinski definition) is 0. The lowest BCUT2D eigenvalue weighted by atomic mass is 9.97. The molecule has 0 bridgehead atoms. The van der Waals surface area contributed by atoms with Crippen LogP contribution in [0.1, 0.15) is 36.6 Å². The number of fused-ring (bicyclic) bond motifs is 1. The molecule has 45 heavy (non-hydrogen) atoms. The molecule has 0 saturated carbocycles. The van der Waals surface area contributed by atoms with E-state index in [0.29, 0.717) is 67.8 Å². The lowest BCUT2D eigenvalue weighted by Crippen LogP contribution is -2.39. The summed E-state index contributed by atoms with van der Waals surface area (Å²) in [6.45, 7) is 5.01. The van der Waals surface area contributed by atoms with Gasteiger partial charge in [0.2, 0.25) is 0 Å². The number of hydrogen-bond acceptors (Lipinski definition) is 9. The van der Waals surface area contributed by atoms with Gasteiger partial charge >= 0.3 is 5.97 Å². The fourth-order valence-corrected chi connectivity index (χ4v) is 6.74. The Morgan fingerprint density at radius 2 is 1.73 bits per heavy atom. The highest BCUT2D eigenvalue weighted by molar-refractivity contribution is 14.1. The Hall–Kier alpha value is -3.62. The smallest absolute Gasteiger partial charge is 0.337 e. The molecule has 1 aliphatic heterocycles. The van der Waals surface area contributed by atoms with Crippen molar-refractivity contribution in [1.29, 1.82) is 0 Å². The van der Waals surface area contributed by atoms with E-state index in [-0.39, 0.29) is 11.1 Å². The number of rotatable bonds is 11. The maximum Gasteiger partial charge on any atom is 0.337 e. The van der Waals surface area contributed by atoms with Crippen molar-refractivity contribution in [2.24, 2.45) is 4.99 Å². The molecule has 1 aliphatic rings. The Bertz CT molecular complexity index is 1940. The van der Waals surface area contributed by atoms with E-state index in [1.807, 2.05) is 56.3 Å². The molecule has 0 aliphatic carbocycles. The third-order valence-corrected chi connectivity index (χ3v) is 9.16. The molecule has 1 aromatic heterocycles. The number of esters is 1. The summed E-state index contributed by atoms with van der Waals surface area (Å²) in [4.78, 5) is 31.8. The second-order valence-corrected chi connectivity index (χ2v) is 12.8. The molecule has 9 nitrogen and oxygen atoms in total. The van der Waals surface area contributed by atoms with Crippen LogP contribution in [0.5, 0.6) is 23.0 Å². The van der Waals surface area contributed by atoms with Crippen molar-refractivity contribution in [3.8, 4) is 23.0 Å². The number of nitrogens with zero attached hydrogens (tertiary/aromatic N) is 2. The molecular formula is C33H30BrIN2O7S. The van der Waals surface area contributed by atoms with Crippen LogP contribution in [-0.4, -0.2) is 38.0 Å². The maximum absolute atomic E-state index is 14.0. The lowest BCUT2D eigenvalue weighted by Gasteiger charge is -2.23. The fourth-order valence-electron chi connectivity index (χ4n) is 4.84. The average Bonchev–Trinajstić information content (AvgIpc) is 3.35. The van der Waals surface area contributed by atoms with Gasteiger partial charge in [-0.05, 0) is 112 Å². The number of carbonyl (C=O) groups excluding carboxylic acids is 1. The molecular weight excluding hydrogens is 775 g/mol. The van der Waals surface area contributed by atoms with Gasteiger partial charge in [-0.2, -0.15) is 0 Å². The third kappa shape index (κ3) is 7.12. The van der Waals surface area contributed by atoms with Crippen molar-refractivity contribution >= 4 is 61.9 Å². The Kier molecular flexibility index (Phi) is 10.7. The topological polar surface area (TPSA) is 97.6 Å². The zero-order valence-electron chi connectivity index (χ0n) is 25.0. The molecule has 4 aromatic rings. The second kappa shape index (κ2) is 14.6. The molecule has 2 heterocycles. The number of aromatic nitrogens is 1. The van der Waals surface area contributed by atoms with E-state index in [9.17, 15) is 9.59 Å². The summed E-state index contributed by atoms with van der Waals surface area (Å²) in [6.07, 6.45) is 3.23. The van der Waals surface area contributed by atoms with Crippen molar-refractivity contribution in [2.75, 3.05) is 27.4 Å². The van der Waals surface area contributed by atoms with E-state index >= 15 is 0 Å². The Labute approximate surface area is 286 Å². The Balaban J connectivity index is 1.56. The van der Waals surface area contributed by atoms with Crippen LogP contribution in [0.25, 0.3) is 6.08 Å². The van der Waals surface area contributed by atoms with Gasteiger partial charge in [0.1, 0.15) is 6.61 Å². The molecule has 12 heteroatoms. The fraction of sp³-hybridized carbons (Fsp3) is 0.242. The summed E-state index contributed by atoms with van der Waals surface area (Å²) in [5.41, 5.74) is 2.31. The number of thiazole rings is 1. The standard InChI is InChI=1S/C33H30BrIN2O7S/c1-5-42-25-12-9-21(16-26(25)43-6-2)29-23(32(39)41-4)17-36-33-37(29)31(38)28(45-33)15-20-13-24(34)30(27(14-20)40-3)44-18-19-7-10-22(35)11-8-19/h7-17,29H,5-6,18H2,1-4H3/b28-15-/t29-/m1/s1. The van der Waals surface area contributed by atoms with Gasteiger partial charge in [0.15, 0.2) is 27.8 Å². The summed E-state index contributed by atoms with van der Waals surface area (Å²) in [6, 6.07) is 16.3. The summed E-state index contributed by atoms with van der Waals surface area (Å²) in [5.74, 6) is 1.57. The zero-order valence-corrected chi connectivity index (χ0v) is 29.5. The van der Waals surface area contributed by atoms with Gasteiger partial charge in [0, 0.05) is 9.77 Å². The van der Waals surface area contributed by atoms with Crippen LogP contribution in [0, 0.1) is 3.57 Å². The van der Waals surface area contributed by atoms with Gasteiger partial charge in [-0.1, -0.05) is 29.5 Å². The quantitative estimate of drug-likeness (QED) is 0.140. The van der Waals surface area contributed by atoms with E-state index in [1.54, 1.807) is 25.3 Å². The van der Waals surface area contributed by atoms with Crippen LogP contribution in [0.15, 0.2) is 80.6 Å². The normalized spacial score (nSPS) is 14.2. The number of benzene rings is 3. The predicted molar refractivity (Wildman–Crippen MR) is 184 cm³/mol. The molecule has 0 saturated heterocycles. The number of carbonyl (C=O) groups is 1. The summed E-state index contributed by atoms with van der Waals surface area (Å²) in [7, 11) is 2.87. The van der Waals surface area contributed by atoms with Crippen LogP contribution < -0.4 is 33.8 Å². The van der Waals surface area contributed by atoms with Crippen LogP contribution in [0.3, 0.4) is 0 Å². The van der Waals surface area contributed by atoms with Crippen molar-refractivity contribution in [3.05, 3.63) is 111 Å². The molecule has 0 amide bonds. The van der Waals surface area contributed by atoms with E-state index in [1.165, 1.54) is 29.2 Å². The maximum atomic E-state index is 14.0. The van der Waals surface area contributed by atoms with E-state index in [2.05, 4.69) is 43.5 Å². The number of halogens is 2. The van der Waals surface area contributed by atoms with Gasteiger partial charge < -0.3 is 23.7 Å². The first-order valence-corrected chi connectivity index (χ1v) is 16.7. The SMILES string of the molecule is CCOc1ccc([C@@H]2C(C(=O)OC)=CN=c3s/c(=C\c4cc(Br)c(OCc5ccc(I)cc5)c(OC)c4)c(=O)n32)cc1OCC. The largest absolute Gasteiger partial charge is 0.493 e. The minimum Gasteiger partial charge on any atom is -0.493 e. The highest BCUT2D eigenvalue weighted by Gasteiger charge is 2.31. The Morgan fingerprint density at radius 1 is 1.00 bits per heavy atom. The van der Waals surface area contributed by atoms with Crippen molar-refractivity contribution in [3.63, 3.8) is 0 Å². The molecule has 3 aromatic carbocycles. The van der Waals surface area contributed by atoms with Gasteiger partial charge in [0.05, 0.1) is 48.1 Å². The summed E-state index contributed by atoms with van der Waals surface area (Å²) >= 11 is 7.10. The van der Waals surface area contributed by atoms with Crippen LogP contribution in [-0.2, 0) is 16.1 Å². The summed E-state index contributed by atoms with van der Waals surface area (Å²) < 4.78 is 32.1. The minimum absolute atomic E-state index is 0.224. The minimum atomic E-state index is -0.788. The molecule has 0 fully saturated rings. The molecule has 0 N–H and O–H groups in total. The highest BCUT2D eigenvalue weighted by Crippen LogP contribution is 2.38. The molecule has 0 radical (unpaired) electrons. The van der Waals surface area contributed by atoms with Crippen LogP contribution >= 0.6 is 49.9 Å². The molecule has 0 unspecified atom stereocenters. The van der Waals surface area contributed by atoms with Crippen LogP contribution in [0.4, 0.5) is 0 Å². The van der Waals surface area contributed by atoms with Crippen molar-refractivity contribution in [1.82, 2.24) is 4.57 Å². The van der Waals surface area contributed by atoms with E-state index < -0.39 is 12.0 Å². The molecule has 5 rings (SSSR count). The Morgan fingerprint density at radius 3 is 2.42 bits per heavy atom. The van der Waals surface area contributed by atoms with Gasteiger partial charge in [-0.3, -0.25) is 9.36 Å². The van der Waals surface area contributed by atoms with E-state index in [4.69, 9.17) is 23.7 Å². The molecule has 0 spiro atoms. The molecule has 1 atom stereocenters. The third-order valence-electron chi connectivity index (χ3n) is 6.85. The first-order valence-electron chi connectivity index (χ1n) is 14.0. The van der Waals surface area contributed by atoms with Crippen LogP contribution in [0.2, 0.25) is 0 Å². The average molecular weight is 805 g/mol. The van der Waals surface area contributed by atoms with Gasteiger partial charge in [0.25, 0.3) is 5.56 Å². The highest BCUT2D eigenvalue weighted by atomic mass is 127. The van der Waals surface area contributed by atoms with Crippen molar-refractivity contribution < 1.29 is 28.5 Å². The van der Waals surface area contributed by atoms with Gasteiger partial charge in [-0.25, -0.2) is 9.79 Å². The molecule has 234 valence electrons. The first-order chi connectivity index (χ1) is 21.8. The van der Waals surface area contributed by atoms with Gasteiger partial charge in [-0.15, -0.1) is 0 Å². The van der Waals surface area contributed by atoms with E-state index in [0.717, 1.165) is 9.13 Å². The summed E-state index contributed by atoms with van der Waals surface area (Å²) in [5, 5.41) is 0. The predicted octanol–water partition coefficient (Wildman–Crippen LogP) is 5.77. The second-order valence-electron chi connectivity index (χ2n) is 9.70.